The number of rotatable bonds is 7. The maximum absolute atomic E-state index is 12.8. The van der Waals surface area contributed by atoms with Crippen LogP contribution in [-0.2, 0) is 6.42 Å². The van der Waals surface area contributed by atoms with Crippen LogP contribution in [0, 0.1) is 0 Å². The Balaban J connectivity index is 1.27. The molecular formula is C26H24N2O6S. The van der Waals surface area contributed by atoms with Crippen LogP contribution in [0.2, 0.25) is 0 Å². The Bertz CT molecular complexity index is 1350. The highest BCUT2D eigenvalue weighted by Crippen LogP contribution is 2.37. The summed E-state index contributed by atoms with van der Waals surface area (Å²) in [6, 6.07) is 14.8. The molecular weight excluding hydrogens is 468 g/mol. The third-order valence-electron chi connectivity index (χ3n) is 5.50. The molecule has 1 N–H and O–H groups in total. The Hall–Kier alpha value is -3.98. The topological polar surface area (TPSA) is 92.1 Å². The molecule has 0 radical (unpaired) electrons. The number of nitrogens with one attached hydrogen (secondary N) is 1. The lowest BCUT2D eigenvalue weighted by molar-refractivity contribution is 0.0995. The maximum atomic E-state index is 12.8. The molecule has 35 heavy (non-hydrogen) atoms. The zero-order valence-electron chi connectivity index (χ0n) is 19.3. The van der Waals surface area contributed by atoms with Gasteiger partial charge >= 0.3 is 0 Å². The van der Waals surface area contributed by atoms with Gasteiger partial charge in [-0.15, -0.1) is 0 Å². The monoisotopic (exact) mass is 492 g/mol. The minimum absolute atomic E-state index is 0.203. The van der Waals surface area contributed by atoms with E-state index in [2.05, 4.69) is 10.3 Å². The molecule has 2 aromatic heterocycles. The molecule has 2 aromatic carbocycles. The normalized spacial score (nSPS) is 12.6. The molecule has 9 heteroatoms. The standard InChI is InChI=1S/C26H24N2O6S/c1-30-18-5-8-20(31-2)17(12-18)13-19-6-9-22(34-19)25(29)28-26-27-15-24(35-26)16-4-7-21-23(14-16)33-11-3-10-32-21/h4-9,12,14-15H,3,10-11,13H2,1-2H3,(H,27,28,29). The Morgan fingerprint density at radius 1 is 1.03 bits per heavy atom. The van der Waals surface area contributed by atoms with Crippen LogP contribution in [0.15, 0.2) is 59.1 Å². The van der Waals surface area contributed by atoms with Crippen molar-refractivity contribution in [1.82, 2.24) is 4.98 Å². The lowest BCUT2D eigenvalue weighted by Gasteiger charge is -2.09. The highest BCUT2D eigenvalue weighted by Gasteiger charge is 2.17. The van der Waals surface area contributed by atoms with E-state index in [1.165, 1.54) is 11.3 Å². The molecule has 3 heterocycles. The van der Waals surface area contributed by atoms with E-state index in [-0.39, 0.29) is 11.7 Å². The van der Waals surface area contributed by atoms with E-state index in [1.54, 1.807) is 32.5 Å². The van der Waals surface area contributed by atoms with Crippen LogP contribution >= 0.6 is 11.3 Å². The number of fused-ring (bicyclic) bond motifs is 1. The molecule has 180 valence electrons. The number of amides is 1. The number of methoxy groups -OCH3 is 2. The van der Waals surface area contributed by atoms with E-state index < -0.39 is 0 Å². The van der Waals surface area contributed by atoms with Crippen molar-refractivity contribution in [1.29, 1.82) is 0 Å². The summed E-state index contributed by atoms with van der Waals surface area (Å²) in [4.78, 5) is 18.0. The van der Waals surface area contributed by atoms with Crippen LogP contribution in [0.4, 0.5) is 5.13 Å². The number of furan rings is 1. The molecule has 1 amide bonds. The highest BCUT2D eigenvalue weighted by atomic mass is 32.1. The zero-order valence-corrected chi connectivity index (χ0v) is 20.1. The molecule has 0 saturated carbocycles. The minimum Gasteiger partial charge on any atom is -0.497 e. The maximum Gasteiger partial charge on any atom is 0.293 e. The number of anilines is 1. The minimum atomic E-state index is -0.367. The van der Waals surface area contributed by atoms with E-state index in [4.69, 9.17) is 23.4 Å². The fraction of sp³-hybridized carbons (Fsp3) is 0.231. The summed E-state index contributed by atoms with van der Waals surface area (Å²) in [5.41, 5.74) is 1.84. The molecule has 8 nitrogen and oxygen atoms in total. The number of carbonyl (C=O) groups is 1. The lowest BCUT2D eigenvalue weighted by Crippen LogP contribution is -2.10. The Labute approximate surface area is 206 Å². The molecule has 0 spiro atoms. The summed E-state index contributed by atoms with van der Waals surface area (Å²) in [6.07, 6.45) is 3.03. The average Bonchev–Trinajstić information content (AvgIpc) is 3.48. The van der Waals surface area contributed by atoms with Crippen LogP contribution in [0.1, 0.15) is 28.3 Å². The van der Waals surface area contributed by atoms with Gasteiger partial charge in [0, 0.05) is 24.6 Å². The summed E-state index contributed by atoms with van der Waals surface area (Å²) in [6.45, 7) is 1.26. The molecule has 0 aliphatic carbocycles. The first kappa shape index (κ1) is 22.8. The molecule has 5 rings (SSSR count). The van der Waals surface area contributed by atoms with Crippen LogP contribution in [-0.4, -0.2) is 38.3 Å². The van der Waals surface area contributed by atoms with Gasteiger partial charge in [0.2, 0.25) is 0 Å². The molecule has 0 bridgehead atoms. The van der Waals surface area contributed by atoms with Gasteiger partial charge in [-0.05, 0) is 54.1 Å². The Kier molecular flexibility index (Phi) is 6.58. The molecule has 0 atom stereocenters. The molecule has 4 aromatic rings. The van der Waals surface area contributed by atoms with Crippen molar-refractivity contribution in [2.24, 2.45) is 0 Å². The fourth-order valence-electron chi connectivity index (χ4n) is 3.74. The highest BCUT2D eigenvalue weighted by molar-refractivity contribution is 7.19. The number of carbonyl (C=O) groups excluding carboxylic acids is 1. The van der Waals surface area contributed by atoms with E-state index in [9.17, 15) is 4.79 Å². The summed E-state index contributed by atoms with van der Waals surface area (Å²) < 4.78 is 28.0. The number of aromatic nitrogens is 1. The Morgan fingerprint density at radius 3 is 2.71 bits per heavy atom. The number of nitrogens with zero attached hydrogens (tertiary/aromatic N) is 1. The third kappa shape index (κ3) is 5.09. The van der Waals surface area contributed by atoms with Crippen LogP contribution < -0.4 is 24.3 Å². The zero-order chi connectivity index (χ0) is 24.2. The van der Waals surface area contributed by atoms with Crippen molar-refractivity contribution >= 4 is 22.4 Å². The number of thiazole rings is 1. The van der Waals surface area contributed by atoms with E-state index in [0.29, 0.717) is 30.5 Å². The van der Waals surface area contributed by atoms with Crippen molar-refractivity contribution in [3.8, 4) is 33.4 Å². The number of benzene rings is 2. The van der Waals surface area contributed by atoms with Gasteiger partial charge < -0.3 is 23.4 Å². The van der Waals surface area contributed by atoms with Crippen LogP contribution in [0.5, 0.6) is 23.0 Å². The summed E-state index contributed by atoms with van der Waals surface area (Å²) in [5, 5.41) is 3.29. The summed E-state index contributed by atoms with van der Waals surface area (Å²) in [5.74, 6) is 3.37. The average molecular weight is 493 g/mol. The number of ether oxygens (including phenoxy) is 4. The van der Waals surface area contributed by atoms with Crippen molar-refractivity contribution in [2.45, 2.75) is 12.8 Å². The van der Waals surface area contributed by atoms with Gasteiger partial charge in [-0.1, -0.05) is 11.3 Å². The van der Waals surface area contributed by atoms with Gasteiger partial charge in [-0.2, -0.15) is 0 Å². The number of hydrogen-bond acceptors (Lipinski definition) is 8. The van der Waals surface area contributed by atoms with Crippen LogP contribution in [0.3, 0.4) is 0 Å². The smallest absolute Gasteiger partial charge is 0.293 e. The third-order valence-corrected chi connectivity index (χ3v) is 6.46. The van der Waals surface area contributed by atoms with E-state index in [1.807, 2.05) is 36.4 Å². The summed E-state index contributed by atoms with van der Waals surface area (Å²) >= 11 is 1.37. The molecule has 1 aliphatic heterocycles. The predicted octanol–water partition coefficient (Wildman–Crippen LogP) is 5.42. The van der Waals surface area contributed by atoms with Gasteiger partial charge in [0.1, 0.15) is 17.3 Å². The second kappa shape index (κ2) is 10.1. The predicted molar refractivity (Wildman–Crippen MR) is 132 cm³/mol. The first-order valence-electron chi connectivity index (χ1n) is 11.1. The van der Waals surface area contributed by atoms with Gasteiger partial charge in [0.25, 0.3) is 5.91 Å². The Morgan fingerprint density at radius 2 is 1.89 bits per heavy atom. The van der Waals surface area contributed by atoms with Gasteiger partial charge in [-0.3, -0.25) is 10.1 Å². The van der Waals surface area contributed by atoms with Gasteiger partial charge in [0.15, 0.2) is 22.4 Å². The van der Waals surface area contributed by atoms with Crippen molar-refractivity contribution in [2.75, 3.05) is 32.8 Å². The molecule has 1 aliphatic rings. The quantitative estimate of drug-likeness (QED) is 0.368. The van der Waals surface area contributed by atoms with E-state index >= 15 is 0 Å². The SMILES string of the molecule is COc1ccc(OC)c(Cc2ccc(C(=O)Nc3ncc(-c4ccc5c(c4)OCCCO5)s3)o2)c1. The van der Waals surface area contributed by atoms with Crippen LogP contribution in [0.25, 0.3) is 10.4 Å². The van der Waals surface area contributed by atoms with Crippen molar-refractivity contribution < 1.29 is 28.2 Å². The largest absolute Gasteiger partial charge is 0.497 e. The second-order valence-electron chi connectivity index (χ2n) is 7.82. The second-order valence-corrected chi connectivity index (χ2v) is 8.85. The van der Waals surface area contributed by atoms with Gasteiger partial charge in [0.05, 0.1) is 32.3 Å². The van der Waals surface area contributed by atoms with E-state index in [0.717, 1.165) is 45.4 Å². The van der Waals surface area contributed by atoms with Crippen molar-refractivity contribution in [3.05, 3.63) is 71.8 Å². The van der Waals surface area contributed by atoms with Gasteiger partial charge in [-0.25, -0.2) is 4.98 Å². The fourth-order valence-corrected chi connectivity index (χ4v) is 4.55. The lowest BCUT2D eigenvalue weighted by atomic mass is 10.1. The van der Waals surface area contributed by atoms with Crippen molar-refractivity contribution in [3.63, 3.8) is 0 Å². The summed E-state index contributed by atoms with van der Waals surface area (Å²) in [7, 11) is 3.22. The molecule has 0 unspecified atom stereocenters. The molecule has 0 saturated heterocycles. The molecule has 0 fully saturated rings. The number of hydrogen-bond donors (Lipinski definition) is 1. The first-order valence-corrected chi connectivity index (χ1v) is 11.9. The first-order chi connectivity index (χ1) is 17.1.